The Bertz CT molecular complexity index is 660. The molecule has 0 aliphatic rings. The zero-order chi connectivity index (χ0) is 13.2. The molecule has 0 amide bonds. The summed E-state index contributed by atoms with van der Waals surface area (Å²) in [5.41, 5.74) is 0.902. The topological polar surface area (TPSA) is 72.8 Å². The largest absolute Gasteiger partial charge is 0.251 e. The molecule has 0 aliphatic heterocycles. The van der Waals surface area contributed by atoms with Gasteiger partial charge in [0.25, 0.3) is 0 Å². The first kappa shape index (κ1) is 13.2. The van der Waals surface area contributed by atoms with Crippen LogP contribution in [0, 0.1) is 5.92 Å². The van der Waals surface area contributed by atoms with Crippen LogP contribution in [-0.2, 0) is 9.84 Å². The molecule has 0 N–H and O–H groups in total. The summed E-state index contributed by atoms with van der Waals surface area (Å²) in [5.74, 6) is 0.165. The van der Waals surface area contributed by atoms with E-state index in [0.717, 1.165) is 0 Å². The van der Waals surface area contributed by atoms with E-state index in [1.165, 1.54) is 18.5 Å². The van der Waals surface area contributed by atoms with Crippen LogP contribution in [0.3, 0.4) is 0 Å². The highest BCUT2D eigenvalue weighted by Crippen LogP contribution is 2.15. The quantitative estimate of drug-likeness (QED) is 0.799. The molecule has 96 valence electrons. The fraction of sp³-hybridized carbons (Fsp3) is 0.364. The van der Waals surface area contributed by atoms with Gasteiger partial charge in [-0.25, -0.2) is 18.4 Å². The van der Waals surface area contributed by atoms with Crippen LogP contribution in [0.25, 0.3) is 11.2 Å². The lowest BCUT2D eigenvalue weighted by Gasteiger charge is -2.08. The van der Waals surface area contributed by atoms with Gasteiger partial charge in [-0.05, 0) is 18.1 Å². The first-order chi connectivity index (χ1) is 8.53. The highest BCUT2D eigenvalue weighted by Gasteiger charge is 2.20. The van der Waals surface area contributed by atoms with Gasteiger partial charge in [-0.1, -0.05) is 6.92 Å². The number of hydrogen-bond donors (Lipinski definition) is 0. The average Bonchev–Trinajstić information content (AvgIpc) is 2.37. The van der Waals surface area contributed by atoms with Crippen molar-refractivity contribution in [1.29, 1.82) is 0 Å². The summed E-state index contributed by atoms with van der Waals surface area (Å²) < 4.78 is 24.2. The summed E-state index contributed by atoms with van der Waals surface area (Å²) in [7, 11) is -3.43. The van der Waals surface area contributed by atoms with Gasteiger partial charge in [0.15, 0.2) is 20.5 Å². The highest BCUT2D eigenvalue weighted by molar-refractivity contribution is 7.91. The molecule has 1 unspecified atom stereocenters. The van der Waals surface area contributed by atoms with Gasteiger partial charge >= 0.3 is 0 Å². The van der Waals surface area contributed by atoms with Crippen LogP contribution in [-0.4, -0.2) is 35.0 Å². The number of alkyl halides is 1. The van der Waals surface area contributed by atoms with Crippen LogP contribution in [0.2, 0.25) is 0 Å². The van der Waals surface area contributed by atoms with Crippen LogP contribution in [0.5, 0.6) is 0 Å². The van der Waals surface area contributed by atoms with E-state index in [9.17, 15) is 8.42 Å². The molecular weight excluding hydrogens is 274 g/mol. The predicted octanol–water partition coefficient (Wildman–Crippen LogP) is 1.67. The van der Waals surface area contributed by atoms with Crippen molar-refractivity contribution in [2.75, 3.05) is 11.6 Å². The van der Waals surface area contributed by atoms with Gasteiger partial charge in [-0.15, -0.1) is 11.6 Å². The Labute approximate surface area is 110 Å². The minimum absolute atomic E-state index is 0.0186. The maximum absolute atomic E-state index is 12.1. The van der Waals surface area contributed by atoms with E-state index in [-0.39, 0.29) is 16.7 Å². The van der Waals surface area contributed by atoms with Crippen molar-refractivity contribution in [3.63, 3.8) is 0 Å². The molecule has 2 aromatic heterocycles. The summed E-state index contributed by atoms with van der Waals surface area (Å²) >= 11 is 5.63. The van der Waals surface area contributed by atoms with Gasteiger partial charge in [0, 0.05) is 18.3 Å². The number of halogens is 1. The van der Waals surface area contributed by atoms with E-state index < -0.39 is 9.84 Å². The molecule has 0 fully saturated rings. The van der Waals surface area contributed by atoms with Gasteiger partial charge < -0.3 is 0 Å². The fourth-order valence-electron chi connectivity index (χ4n) is 1.51. The minimum atomic E-state index is -3.43. The molecule has 0 radical (unpaired) electrons. The zero-order valence-corrected chi connectivity index (χ0v) is 11.3. The van der Waals surface area contributed by atoms with Crippen molar-refractivity contribution in [2.24, 2.45) is 5.92 Å². The molecule has 0 spiro atoms. The van der Waals surface area contributed by atoms with E-state index in [0.29, 0.717) is 17.0 Å². The summed E-state index contributed by atoms with van der Waals surface area (Å²) in [6, 6.07) is 3.06. The molecule has 0 saturated heterocycles. The number of hydrogen-bond acceptors (Lipinski definition) is 5. The Hall–Kier alpha value is -1.27. The van der Waals surface area contributed by atoms with Gasteiger partial charge in [0.1, 0.15) is 5.52 Å². The van der Waals surface area contributed by atoms with Gasteiger partial charge in [-0.2, -0.15) is 0 Å². The normalized spacial score (nSPS) is 13.7. The Morgan fingerprint density at radius 2 is 2.00 bits per heavy atom. The lowest BCUT2D eigenvalue weighted by molar-refractivity contribution is 0.580. The minimum Gasteiger partial charge on any atom is -0.251 e. The fourth-order valence-corrected chi connectivity index (χ4v) is 3.29. The van der Waals surface area contributed by atoms with E-state index in [2.05, 4.69) is 15.0 Å². The van der Waals surface area contributed by atoms with Crippen LogP contribution >= 0.6 is 11.6 Å². The van der Waals surface area contributed by atoms with Crippen LogP contribution in [0.1, 0.15) is 6.92 Å². The molecule has 0 saturated carbocycles. The van der Waals surface area contributed by atoms with Crippen molar-refractivity contribution in [2.45, 2.75) is 11.9 Å². The average molecular weight is 286 g/mol. The Morgan fingerprint density at radius 1 is 1.28 bits per heavy atom. The first-order valence-corrected chi connectivity index (χ1v) is 7.58. The molecule has 1 atom stereocenters. The first-order valence-electron chi connectivity index (χ1n) is 5.39. The predicted molar refractivity (Wildman–Crippen MR) is 69.3 cm³/mol. The maximum Gasteiger partial charge on any atom is 0.195 e. The molecule has 5 nitrogen and oxygen atoms in total. The van der Waals surface area contributed by atoms with Crippen LogP contribution in [0.4, 0.5) is 0 Å². The SMILES string of the molecule is CC(CCl)CS(=O)(=O)c1ccc2nccnc2n1. The number of aromatic nitrogens is 3. The van der Waals surface area contributed by atoms with E-state index in [1.54, 1.807) is 13.0 Å². The van der Waals surface area contributed by atoms with E-state index in [1.807, 2.05) is 0 Å². The molecule has 7 heteroatoms. The number of nitrogens with zero attached hydrogens (tertiary/aromatic N) is 3. The molecule has 0 aliphatic carbocycles. The van der Waals surface area contributed by atoms with Crippen molar-refractivity contribution < 1.29 is 8.42 Å². The Morgan fingerprint density at radius 3 is 2.72 bits per heavy atom. The third-order valence-electron chi connectivity index (χ3n) is 2.39. The van der Waals surface area contributed by atoms with Crippen molar-refractivity contribution in [3.05, 3.63) is 24.5 Å². The molecule has 2 aromatic rings. The smallest absolute Gasteiger partial charge is 0.195 e. The monoisotopic (exact) mass is 285 g/mol. The number of fused-ring (bicyclic) bond motifs is 1. The van der Waals surface area contributed by atoms with Gasteiger partial charge in [0.05, 0.1) is 5.75 Å². The van der Waals surface area contributed by atoms with Crippen molar-refractivity contribution in [1.82, 2.24) is 15.0 Å². The molecule has 2 rings (SSSR count). The standard InChI is InChI=1S/C11H12ClN3O2S/c1-8(6-12)7-18(16,17)10-3-2-9-11(15-10)14-5-4-13-9/h2-5,8H,6-7H2,1H3. The third kappa shape index (κ3) is 2.76. The van der Waals surface area contributed by atoms with E-state index in [4.69, 9.17) is 11.6 Å². The highest BCUT2D eigenvalue weighted by atomic mass is 35.5. The Kier molecular flexibility index (Phi) is 3.77. The molecule has 2 heterocycles. The van der Waals surface area contributed by atoms with Crippen molar-refractivity contribution >= 4 is 32.6 Å². The second kappa shape index (κ2) is 5.16. The summed E-state index contributed by atoms with van der Waals surface area (Å²) in [5, 5.41) is 0.0208. The maximum atomic E-state index is 12.1. The van der Waals surface area contributed by atoms with Crippen molar-refractivity contribution in [3.8, 4) is 0 Å². The zero-order valence-electron chi connectivity index (χ0n) is 9.75. The summed E-state index contributed by atoms with van der Waals surface area (Å²) in [6.07, 6.45) is 3.01. The lowest BCUT2D eigenvalue weighted by atomic mass is 10.3. The van der Waals surface area contributed by atoms with Gasteiger partial charge in [-0.3, -0.25) is 4.98 Å². The third-order valence-corrected chi connectivity index (χ3v) is 4.79. The summed E-state index contributed by atoms with van der Waals surface area (Å²) in [6.45, 7) is 1.78. The van der Waals surface area contributed by atoms with Crippen LogP contribution in [0.15, 0.2) is 29.6 Å². The number of pyridine rings is 1. The second-order valence-electron chi connectivity index (χ2n) is 4.09. The van der Waals surface area contributed by atoms with Gasteiger partial charge in [0.2, 0.25) is 0 Å². The van der Waals surface area contributed by atoms with Crippen LogP contribution < -0.4 is 0 Å². The Balaban J connectivity index is 2.41. The molecular formula is C11H12ClN3O2S. The number of sulfone groups is 1. The summed E-state index contributed by atoms with van der Waals surface area (Å²) in [4.78, 5) is 12.1. The molecule has 18 heavy (non-hydrogen) atoms. The van der Waals surface area contributed by atoms with E-state index >= 15 is 0 Å². The number of rotatable bonds is 4. The molecule has 0 bridgehead atoms. The lowest BCUT2D eigenvalue weighted by Crippen LogP contribution is -2.16. The molecule has 0 aromatic carbocycles. The second-order valence-corrected chi connectivity index (χ2v) is 6.38.